The highest BCUT2D eigenvalue weighted by atomic mass is 19.1. The van der Waals surface area contributed by atoms with Gasteiger partial charge in [-0.2, -0.15) is 0 Å². The Morgan fingerprint density at radius 1 is 1.07 bits per heavy atom. The minimum atomic E-state index is -0.337. The molecule has 1 aliphatic rings. The van der Waals surface area contributed by atoms with Crippen molar-refractivity contribution in [2.45, 2.75) is 18.9 Å². The number of nitrogens with zero attached hydrogens (tertiary/aromatic N) is 1. The Bertz CT molecular complexity index is 1000. The van der Waals surface area contributed by atoms with Crippen LogP contribution in [0.4, 0.5) is 10.1 Å². The summed E-state index contributed by atoms with van der Waals surface area (Å²) in [6, 6.07) is 15.9. The lowest BCUT2D eigenvalue weighted by molar-refractivity contribution is 0.295. The summed E-state index contributed by atoms with van der Waals surface area (Å²) in [5.74, 6) is -0.221. The van der Waals surface area contributed by atoms with Crippen LogP contribution in [0.15, 0.2) is 70.0 Å². The van der Waals surface area contributed by atoms with Gasteiger partial charge in [-0.1, -0.05) is 24.3 Å². The number of benzene rings is 2. The maximum atomic E-state index is 13.0. The molecule has 0 spiro atoms. The van der Waals surface area contributed by atoms with E-state index in [1.807, 2.05) is 30.3 Å². The van der Waals surface area contributed by atoms with Crippen LogP contribution in [0.1, 0.15) is 18.4 Å². The summed E-state index contributed by atoms with van der Waals surface area (Å²) in [5, 5.41) is 4.44. The molecule has 138 valence electrons. The number of para-hydroxylation sites is 1. The fraction of sp³-hybridized carbons (Fsp3) is 0.227. The molecule has 2 heterocycles. The molecule has 0 bridgehead atoms. The first-order valence-electron chi connectivity index (χ1n) is 9.15. The smallest absolute Gasteiger partial charge is 0.338 e. The van der Waals surface area contributed by atoms with E-state index in [1.165, 1.54) is 18.2 Å². The number of piperidine rings is 1. The lowest BCUT2D eigenvalue weighted by atomic mass is 10.0. The molecular weight excluding hydrogens is 343 g/mol. The highest BCUT2D eigenvalue weighted by Crippen LogP contribution is 2.24. The molecule has 1 saturated heterocycles. The quantitative estimate of drug-likeness (QED) is 0.694. The van der Waals surface area contributed by atoms with Crippen molar-refractivity contribution in [3.8, 4) is 0 Å². The van der Waals surface area contributed by atoms with Crippen molar-refractivity contribution in [2.75, 3.05) is 18.4 Å². The Labute approximate surface area is 156 Å². The van der Waals surface area contributed by atoms with Gasteiger partial charge in [0.05, 0.1) is 5.69 Å². The van der Waals surface area contributed by atoms with Gasteiger partial charge in [-0.15, -0.1) is 0 Å². The molecule has 1 N–H and O–H groups in total. The van der Waals surface area contributed by atoms with Crippen molar-refractivity contribution in [3.63, 3.8) is 0 Å². The van der Waals surface area contributed by atoms with Gasteiger partial charge < -0.3 is 14.6 Å². The number of hydrogen-bond donors (Lipinski definition) is 1. The van der Waals surface area contributed by atoms with Crippen LogP contribution in [-0.2, 0) is 0 Å². The molecule has 27 heavy (non-hydrogen) atoms. The summed E-state index contributed by atoms with van der Waals surface area (Å²) in [5.41, 5.74) is 2.09. The number of fused-ring (bicyclic) bond motifs is 1. The van der Waals surface area contributed by atoms with E-state index >= 15 is 0 Å². The first-order chi connectivity index (χ1) is 13.2. The van der Waals surface area contributed by atoms with Gasteiger partial charge in [0.2, 0.25) is 0 Å². The molecule has 1 fully saturated rings. The summed E-state index contributed by atoms with van der Waals surface area (Å²) in [7, 11) is 0. The van der Waals surface area contributed by atoms with Crippen LogP contribution in [0, 0.1) is 5.82 Å². The summed E-state index contributed by atoms with van der Waals surface area (Å²) >= 11 is 0. The predicted molar refractivity (Wildman–Crippen MR) is 106 cm³/mol. The van der Waals surface area contributed by atoms with Crippen molar-refractivity contribution in [3.05, 3.63) is 82.6 Å². The fourth-order valence-corrected chi connectivity index (χ4v) is 3.41. The molecule has 0 saturated carbocycles. The van der Waals surface area contributed by atoms with Crippen LogP contribution in [0.25, 0.3) is 17.0 Å². The van der Waals surface area contributed by atoms with Crippen molar-refractivity contribution >= 4 is 22.7 Å². The van der Waals surface area contributed by atoms with E-state index in [4.69, 9.17) is 4.42 Å². The van der Waals surface area contributed by atoms with Crippen LogP contribution in [0.3, 0.4) is 0 Å². The zero-order valence-corrected chi connectivity index (χ0v) is 14.9. The second-order valence-electron chi connectivity index (χ2n) is 6.80. The highest BCUT2D eigenvalue weighted by Gasteiger charge is 2.18. The van der Waals surface area contributed by atoms with Gasteiger partial charge in [0.15, 0.2) is 0 Å². The van der Waals surface area contributed by atoms with Crippen molar-refractivity contribution in [2.24, 2.45) is 0 Å². The van der Waals surface area contributed by atoms with Gasteiger partial charge in [-0.3, -0.25) is 0 Å². The summed E-state index contributed by atoms with van der Waals surface area (Å²) in [6.45, 7) is 1.85. The molecule has 0 unspecified atom stereocenters. The van der Waals surface area contributed by atoms with E-state index in [0.29, 0.717) is 11.6 Å². The summed E-state index contributed by atoms with van der Waals surface area (Å²) in [6.07, 6.45) is 6.02. The molecule has 3 aromatic rings. The Hall–Kier alpha value is -3.08. The van der Waals surface area contributed by atoms with Crippen molar-refractivity contribution in [1.29, 1.82) is 0 Å². The third-order valence-corrected chi connectivity index (χ3v) is 4.89. The molecule has 0 atom stereocenters. The summed E-state index contributed by atoms with van der Waals surface area (Å²) in [4.78, 5) is 14.1. The van der Waals surface area contributed by atoms with Crippen LogP contribution in [0.2, 0.25) is 0 Å². The number of likely N-dealkylation sites (tertiary alicyclic amines) is 1. The Kier molecular flexibility index (Phi) is 4.92. The van der Waals surface area contributed by atoms with Gasteiger partial charge >= 0.3 is 5.63 Å². The second kappa shape index (κ2) is 7.66. The molecule has 4 nitrogen and oxygen atoms in total. The minimum Gasteiger partial charge on any atom is -0.423 e. The zero-order chi connectivity index (χ0) is 18.6. The average molecular weight is 364 g/mol. The standard InChI is InChI=1S/C22H21FN2O2/c23-17-7-5-16(6-8-17)9-12-25-13-10-18(11-14-25)24-20-15-22(26)27-21-4-2-1-3-19(20)21/h1-9,12,15,18,24H,10-11,13-14H2/b12-9+. The lowest BCUT2D eigenvalue weighted by Gasteiger charge is -2.32. The number of hydrogen-bond acceptors (Lipinski definition) is 4. The maximum absolute atomic E-state index is 13.0. The molecule has 1 aliphatic heterocycles. The molecule has 2 aromatic carbocycles. The zero-order valence-electron chi connectivity index (χ0n) is 14.9. The first kappa shape index (κ1) is 17.3. The number of anilines is 1. The van der Waals surface area contributed by atoms with E-state index in [0.717, 1.165) is 42.6 Å². The Morgan fingerprint density at radius 3 is 2.59 bits per heavy atom. The number of nitrogens with one attached hydrogen (secondary N) is 1. The molecule has 0 radical (unpaired) electrons. The molecule has 0 aliphatic carbocycles. The monoisotopic (exact) mass is 364 g/mol. The van der Waals surface area contributed by atoms with E-state index in [-0.39, 0.29) is 11.4 Å². The van der Waals surface area contributed by atoms with E-state index in [2.05, 4.69) is 16.4 Å². The molecule has 1 aromatic heterocycles. The van der Waals surface area contributed by atoms with Gasteiger partial charge in [-0.05, 0) is 54.9 Å². The van der Waals surface area contributed by atoms with Gasteiger partial charge in [0.1, 0.15) is 11.4 Å². The van der Waals surface area contributed by atoms with Gasteiger partial charge in [0.25, 0.3) is 0 Å². The van der Waals surface area contributed by atoms with Crippen LogP contribution < -0.4 is 10.9 Å². The third kappa shape index (κ3) is 4.19. The molecule has 5 heteroatoms. The van der Waals surface area contributed by atoms with Crippen LogP contribution >= 0.6 is 0 Å². The van der Waals surface area contributed by atoms with Crippen molar-refractivity contribution in [1.82, 2.24) is 4.90 Å². The molecular formula is C22H21FN2O2. The lowest BCUT2D eigenvalue weighted by Crippen LogP contribution is -2.36. The van der Waals surface area contributed by atoms with Crippen LogP contribution in [0.5, 0.6) is 0 Å². The van der Waals surface area contributed by atoms with E-state index in [9.17, 15) is 9.18 Å². The first-order valence-corrected chi connectivity index (χ1v) is 9.15. The topological polar surface area (TPSA) is 45.5 Å². The number of rotatable bonds is 4. The maximum Gasteiger partial charge on any atom is 0.338 e. The van der Waals surface area contributed by atoms with Gasteiger partial charge in [0, 0.05) is 30.6 Å². The van der Waals surface area contributed by atoms with Crippen molar-refractivity contribution < 1.29 is 8.81 Å². The predicted octanol–water partition coefficient (Wildman–Crippen LogP) is 4.48. The fourth-order valence-electron chi connectivity index (χ4n) is 3.41. The largest absolute Gasteiger partial charge is 0.423 e. The number of halogens is 1. The van der Waals surface area contributed by atoms with E-state index < -0.39 is 0 Å². The summed E-state index contributed by atoms with van der Waals surface area (Å²) < 4.78 is 18.2. The Balaban J connectivity index is 1.39. The Morgan fingerprint density at radius 2 is 1.81 bits per heavy atom. The molecule has 4 rings (SSSR count). The van der Waals surface area contributed by atoms with Crippen LogP contribution in [-0.4, -0.2) is 24.0 Å². The average Bonchev–Trinajstić information content (AvgIpc) is 2.68. The highest BCUT2D eigenvalue weighted by molar-refractivity contribution is 5.89. The SMILES string of the molecule is O=c1cc(NC2CCN(/C=C/c3ccc(F)cc3)CC2)c2ccccc2o1. The third-order valence-electron chi connectivity index (χ3n) is 4.89. The molecule has 0 amide bonds. The minimum absolute atomic E-state index is 0.221. The van der Waals surface area contributed by atoms with Gasteiger partial charge in [-0.25, -0.2) is 9.18 Å². The normalized spacial score (nSPS) is 15.5. The second-order valence-corrected chi connectivity index (χ2v) is 6.80. The van der Waals surface area contributed by atoms with E-state index in [1.54, 1.807) is 12.1 Å².